The van der Waals surface area contributed by atoms with Gasteiger partial charge in [-0.1, -0.05) is 38.1 Å². The molecule has 0 bridgehead atoms. The second kappa shape index (κ2) is 11.0. The maximum atomic E-state index is 13.4. The monoisotopic (exact) mass is 515 g/mol. The number of amides is 1. The molecule has 0 aliphatic rings. The summed E-state index contributed by atoms with van der Waals surface area (Å²) in [6, 6.07) is 14.0. The molecule has 2 aromatic carbocycles. The molecule has 0 atom stereocenters. The molecule has 0 aliphatic heterocycles. The Morgan fingerprint density at radius 2 is 1.59 bits per heavy atom. The minimum atomic E-state index is -4.43. The number of ether oxygens (including phenoxy) is 1. The average Bonchev–Trinajstić information content (AvgIpc) is 3.26. The Morgan fingerprint density at radius 3 is 2.16 bits per heavy atom. The molecule has 9 heteroatoms. The predicted molar refractivity (Wildman–Crippen MR) is 136 cm³/mol. The van der Waals surface area contributed by atoms with E-state index in [1.807, 2.05) is 13.8 Å². The molecule has 0 unspecified atom stereocenters. The van der Waals surface area contributed by atoms with E-state index in [0.717, 1.165) is 12.1 Å². The van der Waals surface area contributed by atoms with Crippen LogP contribution in [0.25, 0.3) is 16.6 Å². The van der Waals surface area contributed by atoms with Gasteiger partial charge in [0, 0.05) is 11.8 Å². The Bertz CT molecular complexity index is 1340. The van der Waals surface area contributed by atoms with Gasteiger partial charge in [-0.25, -0.2) is 13.7 Å². The van der Waals surface area contributed by atoms with Crippen LogP contribution in [-0.2, 0) is 17.5 Å². The van der Waals surface area contributed by atoms with Crippen LogP contribution >= 0.6 is 0 Å². The van der Waals surface area contributed by atoms with Crippen molar-refractivity contribution in [3.05, 3.63) is 90.0 Å². The third-order valence-corrected chi connectivity index (χ3v) is 5.21. The van der Waals surface area contributed by atoms with Crippen LogP contribution in [0.15, 0.2) is 73.1 Å². The zero-order chi connectivity index (χ0) is 27.4. The van der Waals surface area contributed by atoms with Crippen LogP contribution in [-0.4, -0.2) is 21.3 Å². The number of carbonyl (C=O) groups excluding carboxylic acids is 1. The summed E-state index contributed by atoms with van der Waals surface area (Å²) in [7, 11) is 0. The van der Waals surface area contributed by atoms with Gasteiger partial charge in [0.2, 0.25) is 0 Å². The van der Waals surface area contributed by atoms with Crippen molar-refractivity contribution in [3.8, 4) is 11.1 Å². The minimum absolute atomic E-state index is 0.120. The van der Waals surface area contributed by atoms with E-state index in [0.29, 0.717) is 27.9 Å². The summed E-state index contributed by atoms with van der Waals surface area (Å²) in [5, 5.41) is 4.28. The topological polar surface area (TPSA) is 46.8 Å². The van der Waals surface area contributed by atoms with Gasteiger partial charge >= 0.3 is 12.3 Å². The van der Waals surface area contributed by atoms with E-state index >= 15 is 0 Å². The smallest absolute Gasteiger partial charge is 0.416 e. The van der Waals surface area contributed by atoms with Gasteiger partial charge in [0.15, 0.2) is 0 Å². The number of fused-ring (bicyclic) bond motifs is 1. The van der Waals surface area contributed by atoms with E-state index in [1.54, 1.807) is 61.9 Å². The number of carbonyl (C=O) groups is 1. The lowest BCUT2D eigenvalue weighted by molar-refractivity contribution is -0.137. The highest BCUT2D eigenvalue weighted by Crippen LogP contribution is 2.33. The fourth-order valence-electron chi connectivity index (χ4n) is 3.55. The zero-order valence-electron chi connectivity index (χ0n) is 21.3. The van der Waals surface area contributed by atoms with Crippen molar-refractivity contribution in [2.24, 2.45) is 0 Å². The molecular weight excluding hydrogens is 486 g/mol. The molecule has 0 fully saturated rings. The second-order valence-electron chi connectivity index (χ2n) is 9.04. The van der Waals surface area contributed by atoms with Crippen LogP contribution in [0, 0.1) is 5.82 Å². The average molecular weight is 516 g/mol. The van der Waals surface area contributed by atoms with Crippen LogP contribution in [0.5, 0.6) is 0 Å². The number of aromatic nitrogens is 2. The van der Waals surface area contributed by atoms with Gasteiger partial charge in [-0.2, -0.15) is 18.3 Å². The van der Waals surface area contributed by atoms with Crippen molar-refractivity contribution in [2.45, 2.75) is 52.9 Å². The van der Waals surface area contributed by atoms with Crippen LogP contribution in [0.3, 0.4) is 0 Å². The van der Waals surface area contributed by atoms with E-state index < -0.39 is 23.4 Å². The lowest BCUT2D eigenvalue weighted by atomic mass is 10.0. The van der Waals surface area contributed by atoms with Crippen molar-refractivity contribution >= 4 is 17.3 Å². The van der Waals surface area contributed by atoms with Crippen molar-refractivity contribution in [3.63, 3.8) is 0 Å². The summed E-state index contributed by atoms with van der Waals surface area (Å²) < 4.78 is 59.4. The molecule has 0 saturated carbocycles. The van der Waals surface area contributed by atoms with Crippen LogP contribution in [0.1, 0.15) is 45.7 Å². The lowest BCUT2D eigenvalue weighted by Gasteiger charge is -2.27. The zero-order valence-corrected chi connectivity index (χ0v) is 21.3. The first kappa shape index (κ1) is 27.7. The Kier molecular flexibility index (Phi) is 8.25. The molecule has 0 spiro atoms. The fourth-order valence-corrected chi connectivity index (χ4v) is 3.55. The highest BCUT2D eigenvalue weighted by atomic mass is 19.4. The third-order valence-electron chi connectivity index (χ3n) is 5.21. The van der Waals surface area contributed by atoms with Gasteiger partial charge in [0.1, 0.15) is 11.4 Å². The van der Waals surface area contributed by atoms with E-state index in [4.69, 9.17) is 4.74 Å². The number of pyridine rings is 1. The SMILES string of the molecule is CC.CC(C)(C)OC(=O)N(Cc1ccc(F)cc1)c1ccn2ncc(-c3ccc(C(F)(F)F)cc3)c2c1. The molecular formula is C28H29F4N3O2. The van der Waals surface area contributed by atoms with Gasteiger partial charge < -0.3 is 4.74 Å². The molecule has 196 valence electrons. The lowest BCUT2D eigenvalue weighted by Crippen LogP contribution is -2.36. The molecule has 0 aliphatic carbocycles. The van der Waals surface area contributed by atoms with Crippen molar-refractivity contribution in [1.29, 1.82) is 0 Å². The molecule has 2 aromatic heterocycles. The quantitative estimate of drug-likeness (QED) is 0.258. The number of hydrogen-bond acceptors (Lipinski definition) is 3. The predicted octanol–water partition coefficient (Wildman–Crippen LogP) is 8.13. The molecule has 4 rings (SSSR count). The van der Waals surface area contributed by atoms with Crippen LogP contribution in [0.4, 0.5) is 28.0 Å². The third kappa shape index (κ3) is 6.87. The number of hydrogen-bond donors (Lipinski definition) is 0. The highest BCUT2D eigenvalue weighted by Gasteiger charge is 2.30. The van der Waals surface area contributed by atoms with Crippen LogP contribution in [0.2, 0.25) is 0 Å². The molecule has 4 aromatic rings. The number of alkyl halides is 3. The Hall–Kier alpha value is -3.88. The normalized spacial score (nSPS) is 11.6. The summed E-state index contributed by atoms with van der Waals surface area (Å²) in [6.45, 7) is 9.38. The maximum absolute atomic E-state index is 13.4. The van der Waals surface area contributed by atoms with Gasteiger partial charge in [0.25, 0.3) is 0 Å². The van der Waals surface area contributed by atoms with Crippen molar-refractivity contribution in [2.75, 3.05) is 4.90 Å². The van der Waals surface area contributed by atoms with E-state index in [9.17, 15) is 22.4 Å². The Morgan fingerprint density at radius 1 is 0.973 bits per heavy atom. The van der Waals surface area contributed by atoms with E-state index in [2.05, 4.69) is 5.10 Å². The number of anilines is 1. The van der Waals surface area contributed by atoms with Gasteiger partial charge in [-0.05, 0) is 68.3 Å². The van der Waals surface area contributed by atoms with Crippen molar-refractivity contribution < 1.29 is 27.1 Å². The van der Waals surface area contributed by atoms with E-state index in [1.165, 1.54) is 29.2 Å². The fraction of sp³-hybridized carbons (Fsp3) is 0.286. The first-order chi connectivity index (χ1) is 17.4. The first-order valence-electron chi connectivity index (χ1n) is 11.8. The second-order valence-corrected chi connectivity index (χ2v) is 9.04. The number of halogens is 4. The first-order valence-corrected chi connectivity index (χ1v) is 11.8. The molecule has 1 amide bonds. The summed E-state index contributed by atoms with van der Waals surface area (Å²) >= 11 is 0. The molecule has 0 radical (unpaired) electrons. The summed E-state index contributed by atoms with van der Waals surface area (Å²) in [6.07, 6.45) is -1.82. The molecule has 2 heterocycles. The van der Waals surface area contributed by atoms with E-state index in [-0.39, 0.29) is 12.4 Å². The maximum Gasteiger partial charge on any atom is 0.416 e. The Labute approximate surface area is 213 Å². The minimum Gasteiger partial charge on any atom is -0.443 e. The van der Waals surface area contributed by atoms with Gasteiger partial charge in [0.05, 0.1) is 29.5 Å². The van der Waals surface area contributed by atoms with Gasteiger partial charge in [-0.15, -0.1) is 0 Å². The number of rotatable bonds is 4. The standard InChI is InChI=1S/C26H23F4N3O2.C2H6/c1-25(2,3)35-24(34)32(16-17-4-10-20(27)11-5-17)21-12-13-33-23(14-21)22(15-31-33)18-6-8-19(9-7-18)26(28,29)30;1-2/h4-15H,16H2,1-3H3;1-2H3. The molecule has 0 saturated heterocycles. The molecule has 5 nitrogen and oxygen atoms in total. The van der Waals surface area contributed by atoms with Crippen LogP contribution < -0.4 is 4.90 Å². The number of nitrogens with zero attached hydrogens (tertiary/aromatic N) is 3. The highest BCUT2D eigenvalue weighted by molar-refractivity contribution is 5.90. The molecule has 37 heavy (non-hydrogen) atoms. The van der Waals surface area contributed by atoms with Crippen molar-refractivity contribution in [1.82, 2.24) is 9.61 Å². The summed E-state index contributed by atoms with van der Waals surface area (Å²) in [4.78, 5) is 14.5. The Balaban J connectivity index is 0.00000186. The number of benzene rings is 2. The largest absolute Gasteiger partial charge is 0.443 e. The summed E-state index contributed by atoms with van der Waals surface area (Å²) in [5.41, 5.74) is 1.44. The molecule has 0 N–H and O–H groups in total. The van der Waals surface area contributed by atoms with Gasteiger partial charge in [-0.3, -0.25) is 4.90 Å². The summed E-state index contributed by atoms with van der Waals surface area (Å²) in [5.74, 6) is -0.389.